The molecule has 114 valence electrons. The van der Waals surface area contributed by atoms with Crippen LogP contribution in [0, 0.1) is 0 Å². The standard InChI is InChI=1S/C16H14BrNO4/c17-11-7-10-3-1-2-4-12(10)13(8-11)15(19)18-5-6-22-9-14(18)16(20)21/h1-4,7-8,14H,5-6,9H2,(H,20,21). The van der Waals surface area contributed by atoms with Crippen molar-refractivity contribution in [3.8, 4) is 0 Å². The van der Waals surface area contributed by atoms with Gasteiger partial charge in [-0.15, -0.1) is 0 Å². The van der Waals surface area contributed by atoms with Crippen molar-refractivity contribution in [1.29, 1.82) is 0 Å². The molecule has 1 amide bonds. The number of carboxylic acid groups (broad SMARTS) is 1. The largest absolute Gasteiger partial charge is 0.480 e. The van der Waals surface area contributed by atoms with Crippen molar-refractivity contribution in [3.05, 3.63) is 46.4 Å². The number of amides is 1. The number of fused-ring (bicyclic) bond motifs is 1. The quantitative estimate of drug-likeness (QED) is 0.890. The van der Waals surface area contributed by atoms with Crippen LogP contribution in [0.25, 0.3) is 10.8 Å². The fourth-order valence-electron chi connectivity index (χ4n) is 2.66. The van der Waals surface area contributed by atoms with Gasteiger partial charge in [-0.25, -0.2) is 4.79 Å². The summed E-state index contributed by atoms with van der Waals surface area (Å²) in [6.07, 6.45) is 0. The minimum atomic E-state index is -1.05. The van der Waals surface area contributed by atoms with Gasteiger partial charge in [0.2, 0.25) is 0 Å². The van der Waals surface area contributed by atoms with Crippen LogP contribution in [0.3, 0.4) is 0 Å². The lowest BCUT2D eigenvalue weighted by Gasteiger charge is -2.33. The SMILES string of the molecule is O=C(O)C1COCCN1C(=O)c1cc(Br)cc2ccccc12. The van der Waals surface area contributed by atoms with E-state index < -0.39 is 12.0 Å². The zero-order valence-electron chi connectivity index (χ0n) is 11.7. The van der Waals surface area contributed by atoms with Crippen LogP contribution in [0.15, 0.2) is 40.9 Å². The van der Waals surface area contributed by atoms with E-state index in [9.17, 15) is 14.7 Å². The second-order valence-corrected chi connectivity index (χ2v) is 6.02. The zero-order chi connectivity index (χ0) is 15.7. The fraction of sp³-hybridized carbons (Fsp3) is 0.250. The maximum absolute atomic E-state index is 12.9. The molecule has 0 aliphatic carbocycles. The molecule has 5 nitrogen and oxygen atoms in total. The number of carbonyl (C=O) groups is 2. The molecule has 6 heteroatoms. The second-order valence-electron chi connectivity index (χ2n) is 5.10. The van der Waals surface area contributed by atoms with Crippen molar-refractivity contribution < 1.29 is 19.4 Å². The molecule has 1 N–H and O–H groups in total. The number of carboxylic acids is 1. The first kappa shape index (κ1) is 15.0. The van der Waals surface area contributed by atoms with Crippen molar-refractivity contribution in [2.75, 3.05) is 19.8 Å². The molecule has 1 saturated heterocycles. The van der Waals surface area contributed by atoms with Gasteiger partial charge in [0.15, 0.2) is 6.04 Å². The molecular formula is C16H14BrNO4. The van der Waals surface area contributed by atoms with Crippen LogP contribution in [0.2, 0.25) is 0 Å². The molecule has 3 rings (SSSR count). The highest BCUT2D eigenvalue weighted by molar-refractivity contribution is 9.10. The van der Waals surface area contributed by atoms with Gasteiger partial charge in [-0.3, -0.25) is 4.79 Å². The Morgan fingerprint density at radius 3 is 2.82 bits per heavy atom. The normalized spacial score (nSPS) is 18.4. The molecule has 2 aromatic rings. The van der Waals surface area contributed by atoms with Gasteiger partial charge < -0.3 is 14.7 Å². The first-order valence-corrected chi connectivity index (χ1v) is 7.67. The molecule has 1 aliphatic heterocycles. The van der Waals surface area contributed by atoms with E-state index in [-0.39, 0.29) is 19.1 Å². The highest BCUT2D eigenvalue weighted by Gasteiger charge is 2.33. The third-order valence-corrected chi connectivity index (χ3v) is 4.19. The summed E-state index contributed by atoms with van der Waals surface area (Å²) in [5.41, 5.74) is 0.498. The number of hydrogen-bond acceptors (Lipinski definition) is 3. The molecule has 0 radical (unpaired) electrons. The molecule has 22 heavy (non-hydrogen) atoms. The monoisotopic (exact) mass is 363 g/mol. The van der Waals surface area contributed by atoms with Gasteiger partial charge in [-0.1, -0.05) is 40.2 Å². The van der Waals surface area contributed by atoms with E-state index >= 15 is 0 Å². The topological polar surface area (TPSA) is 66.8 Å². The molecule has 1 heterocycles. The number of hydrogen-bond donors (Lipinski definition) is 1. The molecule has 1 atom stereocenters. The lowest BCUT2D eigenvalue weighted by Crippen LogP contribution is -2.52. The number of halogens is 1. The number of morpholine rings is 1. The van der Waals surface area contributed by atoms with E-state index in [1.807, 2.05) is 30.3 Å². The summed E-state index contributed by atoms with van der Waals surface area (Å²) in [6, 6.07) is 10.3. The Morgan fingerprint density at radius 1 is 1.27 bits per heavy atom. The molecule has 0 spiro atoms. The zero-order valence-corrected chi connectivity index (χ0v) is 13.2. The van der Waals surface area contributed by atoms with Crippen LogP contribution in [0.1, 0.15) is 10.4 Å². The molecule has 0 bridgehead atoms. The summed E-state index contributed by atoms with van der Waals surface area (Å²) in [4.78, 5) is 25.6. The van der Waals surface area contributed by atoms with Crippen molar-refractivity contribution in [2.24, 2.45) is 0 Å². The van der Waals surface area contributed by atoms with E-state index in [0.29, 0.717) is 12.2 Å². The third kappa shape index (κ3) is 2.71. The minimum absolute atomic E-state index is 0.0208. The Labute approximate surface area is 135 Å². The van der Waals surface area contributed by atoms with Crippen LogP contribution in [0.5, 0.6) is 0 Å². The number of ether oxygens (including phenoxy) is 1. The van der Waals surface area contributed by atoms with Crippen LogP contribution in [-0.2, 0) is 9.53 Å². The number of carbonyl (C=O) groups excluding carboxylic acids is 1. The summed E-state index contributed by atoms with van der Waals surface area (Å²) in [5, 5.41) is 11.0. The summed E-state index contributed by atoms with van der Waals surface area (Å²) < 4.78 is 5.97. The number of nitrogens with zero attached hydrogens (tertiary/aromatic N) is 1. The highest BCUT2D eigenvalue weighted by atomic mass is 79.9. The number of benzene rings is 2. The van der Waals surface area contributed by atoms with Gasteiger partial charge in [-0.05, 0) is 22.9 Å². The van der Waals surface area contributed by atoms with Gasteiger partial charge in [0.1, 0.15) is 0 Å². The molecule has 1 fully saturated rings. The predicted octanol–water partition coefficient (Wildman–Crippen LogP) is 2.53. The number of aliphatic carboxylic acids is 1. The Balaban J connectivity index is 2.06. The minimum Gasteiger partial charge on any atom is -0.480 e. The smallest absolute Gasteiger partial charge is 0.328 e. The Kier molecular flexibility index (Phi) is 4.13. The van der Waals surface area contributed by atoms with Crippen molar-refractivity contribution in [1.82, 2.24) is 4.90 Å². The Hall–Kier alpha value is -1.92. The fourth-order valence-corrected chi connectivity index (χ4v) is 3.13. The van der Waals surface area contributed by atoms with Gasteiger partial charge in [0.25, 0.3) is 5.91 Å². The lowest BCUT2D eigenvalue weighted by atomic mass is 10.0. The average molecular weight is 364 g/mol. The first-order valence-electron chi connectivity index (χ1n) is 6.88. The molecule has 0 aromatic heterocycles. The first-order chi connectivity index (χ1) is 10.6. The second kappa shape index (κ2) is 6.06. The van der Waals surface area contributed by atoms with Crippen molar-refractivity contribution in [2.45, 2.75) is 6.04 Å². The summed E-state index contributed by atoms with van der Waals surface area (Å²) in [5.74, 6) is -1.33. The van der Waals surface area contributed by atoms with Crippen LogP contribution >= 0.6 is 15.9 Å². The van der Waals surface area contributed by atoms with Crippen molar-refractivity contribution in [3.63, 3.8) is 0 Å². The Bertz CT molecular complexity index is 746. The molecule has 2 aromatic carbocycles. The van der Waals surface area contributed by atoms with E-state index in [0.717, 1.165) is 15.2 Å². The van der Waals surface area contributed by atoms with Gasteiger partial charge >= 0.3 is 5.97 Å². The summed E-state index contributed by atoms with van der Waals surface area (Å²) >= 11 is 3.41. The number of rotatable bonds is 2. The van der Waals surface area contributed by atoms with E-state index in [2.05, 4.69) is 15.9 Å². The maximum atomic E-state index is 12.9. The van der Waals surface area contributed by atoms with Gasteiger partial charge in [0.05, 0.1) is 13.2 Å². The van der Waals surface area contributed by atoms with E-state index in [1.54, 1.807) is 6.07 Å². The van der Waals surface area contributed by atoms with Gasteiger partial charge in [0, 0.05) is 16.6 Å². The van der Waals surface area contributed by atoms with Crippen LogP contribution < -0.4 is 0 Å². The molecule has 0 saturated carbocycles. The van der Waals surface area contributed by atoms with Crippen LogP contribution in [-0.4, -0.2) is 47.7 Å². The van der Waals surface area contributed by atoms with Gasteiger partial charge in [-0.2, -0.15) is 0 Å². The molecule has 1 unspecified atom stereocenters. The van der Waals surface area contributed by atoms with E-state index in [4.69, 9.17) is 4.74 Å². The summed E-state index contributed by atoms with van der Waals surface area (Å²) in [6.45, 7) is 0.644. The van der Waals surface area contributed by atoms with Crippen molar-refractivity contribution >= 4 is 38.6 Å². The average Bonchev–Trinajstić information content (AvgIpc) is 2.53. The highest BCUT2D eigenvalue weighted by Crippen LogP contribution is 2.26. The summed E-state index contributed by atoms with van der Waals surface area (Å²) in [7, 11) is 0. The lowest BCUT2D eigenvalue weighted by molar-refractivity contribution is -0.147. The molecular weight excluding hydrogens is 350 g/mol. The molecule has 1 aliphatic rings. The van der Waals surface area contributed by atoms with E-state index in [1.165, 1.54) is 4.90 Å². The predicted molar refractivity (Wildman–Crippen MR) is 84.9 cm³/mol. The Morgan fingerprint density at radius 2 is 2.05 bits per heavy atom. The maximum Gasteiger partial charge on any atom is 0.328 e. The van der Waals surface area contributed by atoms with Crippen LogP contribution in [0.4, 0.5) is 0 Å². The third-order valence-electron chi connectivity index (χ3n) is 3.73.